The summed E-state index contributed by atoms with van der Waals surface area (Å²) < 4.78 is 0. The lowest BCUT2D eigenvalue weighted by Crippen LogP contribution is -2.39. The third-order valence-corrected chi connectivity index (χ3v) is 4.53. The maximum absolute atomic E-state index is 9.27. The van der Waals surface area contributed by atoms with Crippen LogP contribution in [0.15, 0.2) is 36.4 Å². The molecule has 2 aromatic rings. The van der Waals surface area contributed by atoms with Crippen LogP contribution in [0, 0.1) is 34.5 Å². The summed E-state index contributed by atoms with van der Waals surface area (Å²) in [6, 6.07) is 17.2. The minimum Gasteiger partial charge on any atom is -0.198 e. The molecule has 0 radical (unpaired) electrons. The molecule has 2 aliphatic carbocycles. The Morgan fingerprint density at radius 1 is 0.778 bits per heavy atom. The van der Waals surface area contributed by atoms with Gasteiger partial charge in [0.15, 0.2) is 0 Å². The van der Waals surface area contributed by atoms with Crippen LogP contribution < -0.4 is 0 Å². The van der Waals surface area contributed by atoms with Gasteiger partial charge >= 0.3 is 0 Å². The van der Waals surface area contributed by atoms with Crippen molar-refractivity contribution in [2.75, 3.05) is 0 Å². The molecule has 0 spiro atoms. The van der Waals surface area contributed by atoms with Crippen LogP contribution in [0.5, 0.6) is 0 Å². The van der Waals surface area contributed by atoms with E-state index in [4.69, 9.17) is 0 Å². The second kappa shape index (κ2) is 3.12. The van der Waals surface area contributed by atoms with E-state index in [1.165, 1.54) is 21.9 Å². The number of hydrogen-bond donors (Lipinski definition) is 0. The van der Waals surface area contributed by atoms with Gasteiger partial charge in [-0.1, -0.05) is 36.4 Å². The van der Waals surface area contributed by atoms with Crippen LogP contribution >= 0.6 is 0 Å². The Kier molecular flexibility index (Phi) is 1.68. The molecule has 0 aromatic heterocycles. The van der Waals surface area contributed by atoms with Crippen molar-refractivity contribution < 1.29 is 0 Å². The second-order valence-corrected chi connectivity index (χ2v) is 5.15. The van der Waals surface area contributed by atoms with Gasteiger partial charge in [-0.3, -0.25) is 0 Å². The fourth-order valence-electron chi connectivity index (χ4n) is 3.80. The largest absolute Gasteiger partial charge is 0.198 e. The highest BCUT2D eigenvalue weighted by Crippen LogP contribution is 2.63. The summed E-state index contributed by atoms with van der Waals surface area (Å²) in [5.74, 6) is 0.192. The van der Waals surface area contributed by atoms with E-state index in [0.29, 0.717) is 0 Å². The first-order chi connectivity index (χ1) is 8.86. The molecule has 2 aliphatic rings. The van der Waals surface area contributed by atoms with E-state index in [2.05, 4.69) is 48.5 Å². The Morgan fingerprint density at radius 2 is 1.28 bits per heavy atom. The van der Waals surface area contributed by atoms with Crippen molar-refractivity contribution in [1.29, 1.82) is 10.5 Å². The Labute approximate surface area is 105 Å². The maximum Gasteiger partial charge on any atom is 0.0702 e. The first-order valence-electron chi connectivity index (χ1n) is 6.17. The first-order valence-corrected chi connectivity index (χ1v) is 6.17. The standard InChI is InChI=1S/C16H10N2/c17-7-12-13(8-18)16-11-6-2-4-9-3-1-5-10(14(9)11)15(12)16/h1-6,12-13,15-16H/t12-,13+,15+,16-. The molecule has 0 saturated heterocycles. The molecule has 0 bridgehead atoms. The van der Waals surface area contributed by atoms with Crippen molar-refractivity contribution in [2.45, 2.75) is 11.8 Å². The Balaban J connectivity index is 2.04. The van der Waals surface area contributed by atoms with Gasteiger partial charge in [-0.15, -0.1) is 0 Å². The molecule has 4 rings (SSSR count). The highest BCUT2D eigenvalue weighted by atomic mass is 14.6. The van der Waals surface area contributed by atoms with Crippen molar-refractivity contribution in [3.8, 4) is 12.1 Å². The zero-order chi connectivity index (χ0) is 12.3. The van der Waals surface area contributed by atoms with E-state index in [0.717, 1.165) is 0 Å². The van der Waals surface area contributed by atoms with Crippen LogP contribution in [0.2, 0.25) is 0 Å². The quantitative estimate of drug-likeness (QED) is 0.697. The fraction of sp³-hybridized carbons (Fsp3) is 0.250. The fourth-order valence-corrected chi connectivity index (χ4v) is 3.80. The summed E-state index contributed by atoms with van der Waals surface area (Å²) in [7, 11) is 0. The molecule has 4 atom stereocenters. The summed E-state index contributed by atoms with van der Waals surface area (Å²) in [6.45, 7) is 0. The van der Waals surface area contributed by atoms with Crippen LogP contribution in [-0.4, -0.2) is 0 Å². The van der Waals surface area contributed by atoms with E-state index >= 15 is 0 Å². The van der Waals surface area contributed by atoms with E-state index in [9.17, 15) is 10.5 Å². The predicted molar refractivity (Wildman–Crippen MR) is 67.6 cm³/mol. The third-order valence-electron chi connectivity index (χ3n) is 4.53. The zero-order valence-electron chi connectivity index (χ0n) is 9.67. The highest BCUT2D eigenvalue weighted by molar-refractivity contribution is 5.93. The lowest BCUT2D eigenvalue weighted by Gasteiger charge is -2.42. The van der Waals surface area contributed by atoms with Gasteiger partial charge in [-0.25, -0.2) is 0 Å². The molecule has 0 aliphatic heterocycles. The lowest BCUT2D eigenvalue weighted by molar-refractivity contribution is 0.201. The van der Waals surface area contributed by atoms with Gasteiger partial charge in [0, 0.05) is 11.8 Å². The van der Waals surface area contributed by atoms with Crippen LogP contribution in [0.3, 0.4) is 0 Å². The molecule has 0 N–H and O–H groups in total. The molecule has 1 fully saturated rings. The Hall–Kier alpha value is -2.32. The van der Waals surface area contributed by atoms with Crippen molar-refractivity contribution in [1.82, 2.24) is 0 Å². The monoisotopic (exact) mass is 230 g/mol. The summed E-state index contributed by atoms with van der Waals surface area (Å²) in [5.41, 5.74) is 2.54. The summed E-state index contributed by atoms with van der Waals surface area (Å²) in [4.78, 5) is 0. The van der Waals surface area contributed by atoms with Gasteiger partial charge in [0.2, 0.25) is 0 Å². The van der Waals surface area contributed by atoms with Crippen LogP contribution in [-0.2, 0) is 0 Å². The van der Waals surface area contributed by atoms with E-state index < -0.39 is 0 Å². The molecule has 2 heteroatoms. The van der Waals surface area contributed by atoms with Gasteiger partial charge < -0.3 is 0 Å². The molecular weight excluding hydrogens is 220 g/mol. The zero-order valence-corrected chi connectivity index (χ0v) is 9.67. The van der Waals surface area contributed by atoms with Crippen molar-refractivity contribution in [3.05, 3.63) is 47.5 Å². The Bertz CT molecular complexity index is 687. The van der Waals surface area contributed by atoms with Crippen molar-refractivity contribution >= 4 is 10.8 Å². The van der Waals surface area contributed by atoms with Gasteiger partial charge in [-0.05, 0) is 21.9 Å². The lowest BCUT2D eigenvalue weighted by atomic mass is 9.57. The number of fused-ring (bicyclic) bond motifs is 3. The summed E-state index contributed by atoms with van der Waals surface area (Å²) in [6.07, 6.45) is 0. The third kappa shape index (κ3) is 0.891. The van der Waals surface area contributed by atoms with Gasteiger partial charge in [-0.2, -0.15) is 10.5 Å². The number of nitriles is 2. The van der Waals surface area contributed by atoms with Gasteiger partial charge in [0.25, 0.3) is 0 Å². The topological polar surface area (TPSA) is 47.6 Å². The smallest absolute Gasteiger partial charge is 0.0702 e. The SMILES string of the molecule is N#C[C@@H]1[C@H](C#N)[C@H]2c3cccc4cccc(c34)[C@@H]12. The molecule has 1 saturated carbocycles. The molecular formula is C16H10N2. The Morgan fingerprint density at radius 3 is 1.72 bits per heavy atom. The first kappa shape index (κ1) is 9.68. The average Bonchev–Trinajstić information content (AvgIpc) is 2.64. The number of benzene rings is 2. The van der Waals surface area contributed by atoms with E-state index in [1.54, 1.807) is 0 Å². The summed E-state index contributed by atoms with van der Waals surface area (Å²) in [5, 5.41) is 21.1. The second-order valence-electron chi connectivity index (χ2n) is 5.15. The molecule has 0 unspecified atom stereocenters. The molecule has 18 heavy (non-hydrogen) atoms. The maximum atomic E-state index is 9.27. The summed E-state index contributed by atoms with van der Waals surface area (Å²) >= 11 is 0. The van der Waals surface area contributed by atoms with Crippen LogP contribution in [0.25, 0.3) is 10.8 Å². The average molecular weight is 230 g/mol. The van der Waals surface area contributed by atoms with Gasteiger partial charge in [0.05, 0.1) is 24.0 Å². The number of rotatable bonds is 0. The van der Waals surface area contributed by atoms with Crippen LogP contribution in [0.1, 0.15) is 23.0 Å². The molecule has 0 amide bonds. The van der Waals surface area contributed by atoms with Crippen molar-refractivity contribution in [2.24, 2.45) is 11.8 Å². The van der Waals surface area contributed by atoms with Crippen molar-refractivity contribution in [3.63, 3.8) is 0 Å². The molecule has 2 aromatic carbocycles. The number of nitrogens with zero attached hydrogens (tertiary/aromatic N) is 2. The molecule has 84 valence electrons. The van der Waals surface area contributed by atoms with E-state index in [1.807, 2.05) is 0 Å². The number of hydrogen-bond acceptors (Lipinski definition) is 2. The molecule has 2 nitrogen and oxygen atoms in total. The highest BCUT2D eigenvalue weighted by Gasteiger charge is 2.56. The minimum absolute atomic E-state index is 0.141. The molecule has 0 heterocycles. The van der Waals surface area contributed by atoms with Gasteiger partial charge in [0.1, 0.15) is 0 Å². The van der Waals surface area contributed by atoms with E-state index in [-0.39, 0.29) is 23.7 Å². The predicted octanol–water partition coefficient (Wildman–Crippen LogP) is 3.31. The van der Waals surface area contributed by atoms with Crippen LogP contribution in [0.4, 0.5) is 0 Å². The minimum atomic E-state index is -0.141. The normalized spacial score (nSPS) is 31.2.